The van der Waals surface area contributed by atoms with Gasteiger partial charge >= 0.3 is 0 Å². The van der Waals surface area contributed by atoms with Crippen LogP contribution in [0.3, 0.4) is 0 Å². The van der Waals surface area contributed by atoms with Crippen LogP contribution in [0.25, 0.3) is 0 Å². The normalized spacial score (nSPS) is 20.8. The van der Waals surface area contributed by atoms with Gasteiger partial charge in [0, 0.05) is 70.6 Å². The number of halogens is 4. The molecule has 194 valence electrons. The molecule has 1 saturated carbocycles. The predicted octanol–water partition coefficient (Wildman–Crippen LogP) is 5.00. The topological polar surface area (TPSA) is 58.6 Å². The van der Waals surface area contributed by atoms with Gasteiger partial charge in [0.15, 0.2) is 17.4 Å². The predicted molar refractivity (Wildman–Crippen MR) is 125 cm³/mol. The van der Waals surface area contributed by atoms with Gasteiger partial charge in [0.2, 0.25) is 11.8 Å². The molecule has 1 aromatic carbocycles. The standard InChI is InChI=1S/C26H30F4N4O2/c1-16(35)34-13-8-21-22(15-34)31-24(17-4-9-26(29,30)10-5-17)25(32-21)33-11-6-19(7-12-33)36-23-3-2-18(27)14-20(23)28/h2-3,14,17,19H,4-13,15H2,1H3. The van der Waals surface area contributed by atoms with Gasteiger partial charge in [-0.25, -0.2) is 27.5 Å². The first-order chi connectivity index (χ1) is 17.2. The van der Waals surface area contributed by atoms with Crippen LogP contribution < -0.4 is 9.64 Å². The number of nitrogens with zero attached hydrogens (tertiary/aromatic N) is 4. The molecule has 0 N–H and O–H groups in total. The molecule has 10 heteroatoms. The Bertz CT molecular complexity index is 1130. The summed E-state index contributed by atoms with van der Waals surface area (Å²) in [6.45, 7) is 3.67. The molecule has 3 heterocycles. The van der Waals surface area contributed by atoms with Gasteiger partial charge in [0.25, 0.3) is 0 Å². The number of amides is 1. The van der Waals surface area contributed by atoms with Crippen molar-refractivity contribution < 1.29 is 27.1 Å². The average molecular weight is 507 g/mol. The Labute approximate surface area is 207 Å². The molecule has 1 amide bonds. The van der Waals surface area contributed by atoms with Crippen LogP contribution in [0.2, 0.25) is 0 Å². The van der Waals surface area contributed by atoms with Crippen molar-refractivity contribution in [3.05, 3.63) is 46.9 Å². The molecule has 0 bridgehead atoms. The van der Waals surface area contributed by atoms with Crippen LogP contribution in [0.15, 0.2) is 18.2 Å². The fourth-order valence-corrected chi connectivity index (χ4v) is 5.36. The lowest BCUT2D eigenvalue weighted by Crippen LogP contribution is -2.41. The third-order valence-electron chi connectivity index (χ3n) is 7.50. The van der Waals surface area contributed by atoms with Crippen molar-refractivity contribution in [3.63, 3.8) is 0 Å². The van der Waals surface area contributed by atoms with Crippen LogP contribution in [-0.4, -0.2) is 52.4 Å². The van der Waals surface area contributed by atoms with Crippen LogP contribution in [0.1, 0.15) is 68.4 Å². The number of ether oxygens (including phenoxy) is 1. The van der Waals surface area contributed by atoms with Crippen LogP contribution in [-0.2, 0) is 17.8 Å². The molecule has 2 aliphatic heterocycles. The first-order valence-electron chi connectivity index (χ1n) is 12.6. The number of anilines is 1. The second kappa shape index (κ2) is 9.86. The number of alkyl halides is 2. The van der Waals surface area contributed by atoms with Crippen LogP contribution in [0, 0.1) is 11.6 Å². The molecule has 0 spiro atoms. The second-order valence-electron chi connectivity index (χ2n) is 10.0. The fourth-order valence-electron chi connectivity index (χ4n) is 5.36. The number of carbonyl (C=O) groups excluding carboxylic acids is 1. The largest absolute Gasteiger partial charge is 0.487 e. The zero-order valence-corrected chi connectivity index (χ0v) is 20.3. The summed E-state index contributed by atoms with van der Waals surface area (Å²) in [6.07, 6.45) is 1.92. The summed E-state index contributed by atoms with van der Waals surface area (Å²) in [6, 6.07) is 3.27. The lowest BCUT2D eigenvalue weighted by Gasteiger charge is -2.37. The Balaban J connectivity index is 1.36. The number of hydrogen-bond donors (Lipinski definition) is 0. The Morgan fingerprint density at radius 2 is 1.75 bits per heavy atom. The summed E-state index contributed by atoms with van der Waals surface area (Å²) < 4.78 is 60.8. The third kappa shape index (κ3) is 5.27. The van der Waals surface area contributed by atoms with Gasteiger partial charge in [0.1, 0.15) is 11.9 Å². The van der Waals surface area contributed by atoms with E-state index in [2.05, 4.69) is 4.90 Å². The van der Waals surface area contributed by atoms with Crippen molar-refractivity contribution in [3.8, 4) is 5.75 Å². The summed E-state index contributed by atoms with van der Waals surface area (Å²) in [5, 5.41) is 0. The Morgan fingerprint density at radius 1 is 1.03 bits per heavy atom. The van der Waals surface area contributed by atoms with Gasteiger partial charge < -0.3 is 14.5 Å². The number of benzene rings is 1. The summed E-state index contributed by atoms with van der Waals surface area (Å²) in [5.41, 5.74) is 2.33. The number of rotatable bonds is 4. The highest BCUT2D eigenvalue weighted by Gasteiger charge is 2.38. The summed E-state index contributed by atoms with van der Waals surface area (Å²) >= 11 is 0. The van der Waals surface area contributed by atoms with Crippen molar-refractivity contribution >= 4 is 11.7 Å². The monoisotopic (exact) mass is 506 g/mol. The van der Waals surface area contributed by atoms with Crippen molar-refractivity contribution in [2.45, 2.75) is 76.4 Å². The SMILES string of the molecule is CC(=O)N1CCc2nc(N3CCC(Oc4ccc(F)cc4F)CC3)c(C3CCC(F)(F)CC3)nc2C1. The van der Waals surface area contributed by atoms with E-state index in [0.717, 1.165) is 29.0 Å². The van der Waals surface area contributed by atoms with Crippen molar-refractivity contribution in [1.82, 2.24) is 14.9 Å². The van der Waals surface area contributed by atoms with Gasteiger partial charge in [-0.15, -0.1) is 0 Å². The zero-order valence-electron chi connectivity index (χ0n) is 20.3. The molecule has 36 heavy (non-hydrogen) atoms. The third-order valence-corrected chi connectivity index (χ3v) is 7.50. The number of hydrogen-bond acceptors (Lipinski definition) is 5. The molecular weight excluding hydrogens is 476 g/mol. The quantitative estimate of drug-likeness (QED) is 0.547. The maximum atomic E-state index is 14.0. The van der Waals surface area contributed by atoms with Crippen molar-refractivity contribution in [2.24, 2.45) is 0 Å². The number of fused-ring (bicyclic) bond motifs is 1. The van der Waals surface area contributed by atoms with Crippen LogP contribution in [0.4, 0.5) is 23.4 Å². The van der Waals surface area contributed by atoms with Crippen LogP contribution >= 0.6 is 0 Å². The molecule has 0 atom stereocenters. The maximum absolute atomic E-state index is 14.0. The molecular formula is C26H30F4N4O2. The van der Waals surface area contributed by atoms with E-state index >= 15 is 0 Å². The highest BCUT2D eigenvalue weighted by atomic mass is 19.3. The van der Waals surface area contributed by atoms with Gasteiger partial charge in [-0.3, -0.25) is 4.79 Å². The van der Waals surface area contributed by atoms with Crippen molar-refractivity contribution in [1.29, 1.82) is 0 Å². The molecule has 0 unspecified atom stereocenters. The minimum absolute atomic E-state index is 0.0231. The Morgan fingerprint density at radius 3 is 2.42 bits per heavy atom. The van der Waals surface area contributed by atoms with Gasteiger partial charge in [-0.1, -0.05) is 0 Å². The zero-order chi connectivity index (χ0) is 25.4. The second-order valence-corrected chi connectivity index (χ2v) is 10.0. The Kier molecular flexibility index (Phi) is 6.78. The average Bonchev–Trinajstić information content (AvgIpc) is 2.85. The summed E-state index contributed by atoms with van der Waals surface area (Å²) in [5.74, 6) is -3.41. The molecule has 1 saturated heterocycles. The van der Waals surface area contributed by atoms with E-state index in [-0.39, 0.29) is 36.5 Å². The molecule has 2 fully saturated rings. The highest BCUT2D eigenvalue weighted by Crippen LogP contribution is 2.43. The first kappa shape index (κ1) is 24.8. The Hall–Kier alpha value is -2.91. The lowest BCUT2D eigenvalue weighted by atomic mass is 9.84. The number of piperidine rings is 1. The maximum Gasteiger partial charge on any atom is 0.248 e. The van der Waals surface area contributed by atoms with Crippen LogP contribution in [0.5, 0.6) is 5.75 Å². The smallest absolute Gasteiger partial charge is 0.248 e. The van der Waals surface area contributed by atoms with Crippen molar-refractivity contribution in [2.75, 3.05) is 24.5 Å². The lowest BCUT2D eigenvalue weighted by molar-refractivity contribution is -0.129. The van der Waals surface area contributed by atoms with E-state index in [9.17, 15) is 22.4 Å². The number of aromatic nitrogens is 2. The van der Waals surface area contributed by atoms with E-state index < -0.39 is 17.6 Å². The molecule has 5 rings (SSSR count). The minimum atomic E-state index is -2.64. The summed E-state index contributed by atoms with van der Waals surface area (Å²) in [4.78, 5) is 25.7. The highest BCUT2D eigenvalue weighted by molar-refractivity contribution is 5.73. The number of carbonyl (C=O) groups is 1. The van der Waals surface area contributed by atoms with E-state index in [0.29, 0.717) is 58.3 Å². The fraction of sp³-hybridized carbons (Fsp3) is 0.577. The molecule has 1 aliphatic carbocycles. The first-order valence-corrected chi connectivity index (χ1v) is 12.6. The van der Waals surface area contributed by atoms with E-state index in [1.54, 1.807) is 4.90 Å². The summed E-state index contributed by atoms with van der Waals surface area (Å²) in [7, 11) is 0. The molecule has 0 radical (unpaired) electrons. The molecule has 6 nitrogen and oxygen atoms in total. The molecule has 1 aromatic heterocycles. The molecule has 2 aromatic rings. The van der Waals surface area contributed by atoms with E-state index in [4.69, 9.17) is 14.7 Å². The van der Waals surface area contributed by atoms with Gasteiger partial charge in [0.05, 0.1) is 23.6 Å². The van der Waals surface area contributed by atoms with E-state index in [1.165, 1.54) is 19.1 Å². The van der Waals surface area contributed by atoms with E-state index in [1.807, 2.05) is 0 Å². The van der Waals surface area contributed by atoms with Gasteiger partial charge in [-0.05, 0) is 25.0 Å². The molecule has 3 aliphatic rings. The minimum Gasteiger partial charge on any atom is -0.487 e. The van der Waals surface area contributed by atoms with Gasteiger partial charge in [-0.2, -0.15) is 0 Å².